The number of benzene rings is 1. The summed E-state index contributed by atoms with van der Waals surface area (Å²) >= 11 is 2.76. The van der Waals surface area contributed by atoms with Crippen molar-refractivity contribution in [1.29, 1.82) is 0 Å². The molecular formula is C14H16N4O3S2. The molecule has 0 aliphatic heterocycles. The third-order valence-corrected chi connectivity index (χ3v) is 4.49. The zero-order valence-corrected chi connectivity index (χ0v) is 14.3. The number of thioether (sulfide) groups is 1. The normalized spacial score (nSPS) is 10.9. The first-order valence-electron chi connectivity index (χ1n) is 6.79. The second-order valence-corrected chi connectivity index (χ2v) is 6.73. The number of aromatic nitrogens is 2. The topological polar surface area (TPSA) is 96.7 Å². The second-order valence-electron chi connectivity index (χ2n) is 4.33. The Bertz CT molecular complexity index is 703. The van der Waals surface area contributed by atoms with Gasteiger partial charge in [-0.05, 0) is 37.6 Å². The minimum absolute atomic E-state index is 0.0665. The van der Waals surface area contributed by atoms with Crippen LogP contribution < -0.4 is 10.2 Å². The van der Waals surface area contributed by atoms with Gasteiger partial charge < -0.3 is 9.84 Å². The number of aryl methyl sites for hydroxylation is 1. The van der Waals surface area contributed by atoms with Crippen LogP contribution in [0.25, 0.3) is 0 Å². The lowest BCUT2D eigenvalue weighted by atomic mass is 10.2. The van der Waals surface area contributed by atoms with Gasteiger partial charge in [-0.3, -0.25) is 4.79 Å². The maximum atomic E-state index is 11.7. The highest BCUT2D eigenvalue weighted by Gasteiger charge is 2.06. The highest BCUT2D eigenvalue weighted by Crippen LogP contribution is 2.26. The molecule has 9 heteroatoms. The minimum atomic E-state index is -0.233. The van der Waals surface area contributed by atoms with Gasteiger partial charge in [-0.25, -0.2) is 5.43 Å². The molecule has 2 rings (SSSR count). The molecule has 122 valence electrons. The van der Waals surface area contributed by atoms with Gasteiger partial charge in [-0.2, -0.15) is 5.10 Å². The van der Waals surface area contributed by atoms with Gasteiger partial charge in [-0.1, -0.05) is 23.1 Å². The first kappa shape index (κ1) is 17.2. The molecule has 0 aliphatic rings. The van der Waals surface area contributed by atoms with Gasteiger partial charge in [0, 0.05) is 0 Å². The van der Waals surface area contributed by atoms with E-state index in [2.05, 4.69) is 20.7 Å². The van der Waals surface area contributed by atoms with Crippen LogP contribution in [0.3, 0.4) is 0 Å². The molecule has 0 saturated carbocycles. The van der Waals surface area contributed by atoms with Crippen molar-refractivity contribution in [3.8, 4) is 11.5 Å². The molecule has 7 nitrogen and oxygen atoms in total. The van der Waals surface area contributed by atoms with Crippen LogP contribution in [-0.2, 0) is 4.79 Å². The number of hydrogen-bond acceptors (Lipinski definition) is 8. The molecule has 0 atom stereocenters. The fraction of sp³-hybridized carbons (Fsp3) is 0.286. The van der Waals surface area contributed by atoms with Gasteiger partial charge in [0.2, 0.25) is 0 Å². The number of hydrazone groups is 1. The minimum Gasteiger partial charge on any atom is -0.504 e. The van der Waals surface area contributed by atoms with Gasteiger partial charge in [0.15, 0.2) is 15.8 Å². The van der Waals surface area contributed by atoms with Crippen LogP contribution in [0.15, 0.2) is 27.6 Å². The molecule has 1 heterocycles. The molecule has 2 N–H and O–H groups in total. The van der Waals surface area contributed by atoms with E-state index in [4.69, 9.17) is 4.74 Å². The molecule has 0 bridgehead atoms. The van der Waals surface area contributed by atoms with Gasteiger partial charge in [0.05, 0.1) is 18.6 Å². The van der Waals surface area contributed by atoms with Crippen molar-refractivity contribution in [2.75, 3.05) is 12.4 Å². The van der Waals surface area contributed by atoms with Crippen molar-refractivity contribution in [2.24, 2.45) is 5.10 Å². The predicted octanol–water partition coefficient (Wildman–Crippen LogP) is 2.19. The largest absolute Gasteiger partial charge is 0.504 e. The fourth-order valence-electron chi connectivity index (χ4n) is 1.56. The highest BCUT2D eigenvalue weighted by atomic mass is 32.2. The molecule has 0 spiro atoms. The van der Waals surface area contributed by atoms with Crippen molar-refractivity contribution in [3.05, 3.63) is 28.8 Å². The number of phenols is 1. The number of ether oxygens (including phenoxy) is 1. The zero-order valence-electron chi connectivity index (χ0n) is 12.6. The lowest BCUT2D eigenvalue weighted by molar-refractivity contribution is -0.118. The molecule has 0 unspecified atom stereocenters. The maximum absolute atomic E-state index is 11.7. The molecule has 23 heavy (non-hydrogen) atoms. The average molecular weight is 352 g/mol. The van der Waals surface area contributed by atoms with Gasteiger partial charge in [0.1, 0.15) is 5.01 Å². The fourth-order valence-corrected chi connectivity index (χ4v) is 3.17. The summed E-state index contributed by atoms with van der Waals surface area (Å²) in [5.41, 5.74) is 3.14. The molecule has 1 aromatic heterocycles. The lowest BCUT2D eigenvalue weighted by Gasteiger charge is -2.05. The third kappa shape index (κ3) is 5.53. The average Bonchev–Trinajstić information content (AvgIpc) is 2.94. The Labute approximate surface area is 141 Å². The summed E-state index contributed by atoms with van der Waals surface area (Å²) in [6, 6.07) is 4.83. The predicted molar refractivity (Wildman–Crippen MR) is 90.4 cm³/mol. The third-order valence-electron chi connectivity index (χ3n) is 2.52. The van der Waals surface area contributed by atoms with Crippen LogP contribution in [0.1, 0.15) is 17.5 Å². The molecule has 1 aromatic carbocycles. The summed E-state index contributed by atoms with van der Waals surface area (Å²) in [5, 5.41) is 22.2. The molecule has 2 aromatic rings. The van der Waals surface area contributed by atoms with Crippen LogP contribution in [0.4, 0.5) is 0 Å². The number of phenolic OH excluding ortho intramolecular Hbond substituents is 1. The van der Waals surface area contributed by atoms with Gasteiger partial charge >= 0.3 is 0 Å². The standard InChI is InChI=1S/C14H16N4O3S2/c1-3-21-12-6-10(4-5-11(12)19)7-15-17-13(20)8-22-14-18-16-9(2)23-14/h4-7,19H,3,8H2,1-2H3,(H,17,20)/b15-7-. The smallest absolute Gasteiger partial charge is 0.250 e. The Kier molecular flexibility index (Phi) is 6.36. The zero-order chi connectivity index (χ0) is 16.7. The van der Waals surface area contributed by atoms with Crippen LogP contribution in [0.2, 0.25) is 0 Å². The number of carbonyl (C=O) groups excluding carboxylic acids is 1. The monoisotopic (exact) mass is 352 g/mol. The molecule has 0 fully saturated rings. The van der Waals surface area contributed by atoms with E-state index in [0.717, 1.165) is 9.35 Å². The van der Waals surface area contributed by atoms with Crippen molar-refractivity contribution in [1.82, 2.24) is 15.6 Å². The molecule has 0 saturated heterocycles. The lowest BCUT2D eigenvalue weighted by Crippen LogP contribution is -2.19. The summed E-state index contributed by atoms with van der Waals surface area (Å²) < 4.78 is 6.03. The van der Waals surface area contributed by atoms with Gasteiger partial charge in [-0.15, -0.1) is 10.2 Å². The summed E-state index contributed by atoms with van der Waals surface area (Å²) in [7, 11) is 0. The first-order chi connectivity index (χ1) is 11.1. The Morgan fingerprint density at radius 2 is 2.35 bits per heavy atom. The van der Waals surface area contributed by atoms with Crippen molar-refractivity contribution in [2.45, 2.75) is 18.2 Å². The van der Waals surface area contributed by atoms with E-state index in [0.29, 0.717) is 17.9 Å². The van der Waals surface area contributed by atoms with E-state index in [1.807, 2.05) is 13.8 Å². The molecule has 0 radical (unpaired) electrons. The SMILES string of the molecule is CCOc1cc(/C=N\NC(=O)CSc2nnc(C)s2)ccc1O. The quantitative estimate of drug-likeness (QED) is 0.450. The van der Waals surface area contributed by atoms with Gasteiger partial charge in [0.25, 0.3) is 5.91 Å². The molecular weight excluding hydrogens is 336 g/mol. The van der Waals surface area contributed by atoms with E-state index in [1.165, 1.54) is 35.4 Å². The Morgan fingerprint density at radius 3 is 3.04 bits per heavy atom. The van der Waals surface area contributed by atoms with Crippen LogP contribution in [0, 0.1) is 6.92 Å². The molecule has 0 aliphatic carbocycles. The van der Waals surface area contributed by atoms with E-state index < -0.39 is 0 Å². The Hall–Kier alpha value is -2.13. The number of hydrogen-bond donors (Lipinski definition) is 2. The van der Waals surface area contributed by atoms with Crippen LogP contribution in [0.5, 0.6) is 11.5 Å². The van der Waals surface area contributed by atoms with E-state index in [1.54, 1.807) is 12.1 Å². The maximum Gasteiger partial charge on any atom is 0.250 e. The first-order valence-corrected chi connectivity index (χ1v) is 8.59. The van der Waals surface area contributed by atoms with E-state index in [-0.39, 0.29) is 17.4 Å². The van der Waals surface area contributed by atoms with Crippen molar-refractivity contribution < 1.29 is 14.6 Å². The van der Waals surface area contributed by atoms with Crippen LogP contribution >= 0.6 is 23.1 Å². The number of rotatable bonds is 7. The summed E-state index contributed by atoms with van der Waals surface area (Å²) in [4.78, 5) is 11.7. The number of nitrogens with one attached hydrogen (secondary N) is 1. The summed E-state index contributed by atoms with van der Waals surface area (Å²) in [6.45, 7) is 4.14. The Morgan fingerprint density at radius 1 is 1.52 bits per heavy atom. The van der Waals surface area contributed by atoms with Crippen molar-refractivity contribution in [3.63, 3.8) is 0 Å². The van der Waals surface area contributed by atoms with E-state index >= 15 is 0 Å². The molecule has 1 amide bonds. The summed E-state index contributed by atoms with van der Waals surface area (Å²) in [5.74, 6) is 0.427. The van der Waals surface area contributed by atoms with Crippen LogP contribution in [-0.4, -0.2) is 39.8 Å². The van der Waals surface area contributed by atoms with E-state index in [9.17, 15) is 9.90 Å². The summed E-state index contributed by atoms with van der Waals surface area (Å²) in [6.07, 6.45) is 1.49. The number of carbonyl (C=O) groups is 1. The second kappa shape index (κ2) is 8.49. The number of nitrogens with zero attached hydrogens (tertiary/aromatic N) is 3. The Balaban J connectivity index is 1.83. The highest BCUT2D eigenvalue weighted by molar-refractivity contribution is 8.01. The van der Waals surface area contributed by atoms with Crippen molar-refractivity contribution >= 4 is 35.2 Å². The number of amides is 1. The number of aromatic hydroxyl groups is 1.